The third kappa shape index (κ3) is 3.02. The van der Waals surface area contributed by atoms with Crippen LogP contribution in [0.4, 0.5) is 5.69 Å². The van der Waals surface area contributed by atoms with Crippen LogP contribution in [0.1, 0.15) is 15.9 Å². The summed E-state index contributed by atoms with van der Waals surface area (Å²) in [5.41, 5.74) is 7.37. The van der Waals surface area contributed by atoms with E-state index in [2.05, 4.69) is 0 Å². The van der Waals surface area contributed by atoms with Crippen molar-refractivity contribution in [1.82, 2.24) is 0 Å². The van der Waals surface area contributed by atoms with Gasteiger partial charge in [0.25, 0.3) is 0 Å². The molecule has 0 aliphatic heterocycles. The molecule has 4 heteroatoms. The highest BCUT2D eigenvalue weighted by Crippen LogP contribution is 2.14. The average Bonchev–Trinajstić information content (AvgIpc) is 2.38. The van der Waals surface area contributed by atoms with Crippen LogP contribution in [0.25, 0.3) is 0 Å². The molecule has 0 bridgehead atoms. The number of anilines is 1. The Morgan fingerprint density at radius 3 is 2.44 bits per heavy atom. The van der Waals surface area contributed by atoms with Crippen LogP contribution in [0.2, 0.25) is 5.02 Å². The predicted octanol–water partition coefficient (Wildman–Crippen LogP) is 3.28. The Bertz CT molecular complexity index is 552. The first-order valence-corrected chi connectivity index (χ1v) is 5.80. The number of halogens is 1. The highest BCUT2D eigenvalue weighted by molar-refractivity contribution is 6.30. The van der Waals surface area contributed by atoms with E-state index in [0.717, 1.165) is 5.56 Å². The van der Waals surface area contributed by atoms with Gasteiger partial charge in [0.05, 0.1) is 5.56 Å². The quantitative estimate of drug-likeness (QED) is 0.681. The smallest absolute Gasteiger partial charge is 0.340 e. The fourth-order valence-corrected chi connectivity index (χ4v) is 1.62. The molecule has 0 unspecified atom stereocenters. The minimum absolute atomic E-state index is 0.199. The molecule has 2 aromatic carbocycles. The van der Waals surface area contributed by atoms with Gasteiger partial charge in [-0.2, -0.15) is 0 Å². The number of benzene rings is 2. The largest absolute Gasteiger partial charge is 0.457 e. The zero-order valence-corrected chi connectivity index (χ0v) is 10.4. The molecular formula is C14H12ClNO2. The first-order valence-electron chi connectivity index (χ1n) is 5.43. The van der Waals surface area contributed by atoms with Crippen molar-refractivity contribution in [3.8, 4) is 0 Å². The average molecular weight is 262 g/mol. The lowest BCUT2D eigenvalue weighted by molar-refractivity contribution is 0.0474. The molecule has 0 saturated carbocycles. The summed E-state index contributed by atoms with van der Waals surface area (Å²) >= 11 is 5.77. The van der Waals surface area contributed by atoms with Crippen LogP contribution >= 0.6 is 11.6 Å². The zero-order chi connectivity index (χ0) is 13.0. The van der Waals surface area contributed by atoms with Gasteiger partial charge in [0.1, 0.15) is 6.61 Å². The third-order valence-corrected chi connectivity index (χ3v) is 2.72. The van der Waals surface area contributed by atoms with E-state index >= 15 is 0 Å². The number of nitrogens with two attached hydrogens (primary N) is 1. The van der Waals surface area contributed by atoms with Gasteiger partial charge >= 0.3 is 5.97 Å². The number of carbonyl (C=O) groups is 1. The van der Waals surface area contributed by atoms with E-state index in [1.165, 1.54) is 0 Å². The van der Waals surface area contributed by atoms with Crippen LogP contribution in [-0.4, -0.2) is 5.97 Å². The number of rotatable bonds is 3. The Labute approximate surface area is 110 Å². The Kier molecular flexibility index (Phi) is 3.85. The van der Waals surface area contributed by atoms with Crippen molar-refractivity contribution in [3.63, 3.8) is 0 Å². The van der Waals surface area contributed by atoms with Crippen molar-refractivity contribution in [2.24, 2.45) is 0 Å². The Balaban J connectivity index is 2.01. The van der Waals surface area contributed by atoms with Gasteiger partial charge in [-0.15, -0.1) is 0 Å². The third-order valence-electron chi connectivity index (χ3n) is 2.46. The predicted molar refractivity (Wildman–Crippen MR) is 71.4 cm³/mol. The lowest BCUT2D eigenvalue weighted by Crippen LogP contribution is -2.07. The minimum atomic E-state index is -0.428. The van der Waals surface area contributed by atoms with Crippen molar-refractivity contribution in [2.45, 2.75) is 6.61 Å². The molecule has 0 fully saturated rings. The van der Waals surface area contributed by atoms with Gasteiger partial charge < -0.3 is 10.5 Å². The van der Waals surface area contributed by atoms with Crippen LogP contribution in [0.15, 0.2) is 48.5 Å². The molecule has 2 aromatic rings. The van der Waals surface area contributed by atoms with Crippen molar-refractivity contribution in [3.05, 3.63) is 64.7 Å². The summed E-state index contributed by atoms with van der Waals surface area (Å²) in [7, 11) is 0. The molecule has 0 radical (unpaired) electrons. The lowest BCUT2D eigenvalue weighted by atomic mass is 10.2. The van der Waals surface area contributed by atoms with Crippen LogP contribution in [0.5, 0.6) is 0 Å². The maximum Gasteiger partial charge on any atom is 0.340 e. The molecule has 0 saturated heterocycles. The topological polar surface area (TPSA) is 52.3 Å². The van der Waals surface area contributed by atoms with Gasteiger partial charge in [0.15, 0.2) is 0 Å². The number of esters is 1. The minimum Gasteiger partial charge on any atom is -0.457 e. The molecule has 0 heterocycles. The molecule has 0 atom stereocenters. The second kappa shape index (κ2) is 5.56. The normalized spacial score (nSPS) is 10.1. The van der Waals surface area contributed by atoms with Crippen LogP contribution < -0.4 is 5.73 Å². The number of hydrogen-bond acceptors (Lipinski definition) is 3. The van der Waals surface area contributed by atoms with Gasteiger partial charge in [-0.1, -0.05) is 35.9 Å². The molecule has 2 N–H and O–H groups in total. The van der Waals surface area contributed by atoms with Crippen LogP contribution in [0, 0.1) is 0 Å². The number of para-hydroxylation sites is 1. The van der Waals surface area contributed by atoms with E-state index in [0.29, 0.717) is 16.3 Å². The second-order valence-corrected chi connectivity index (χ2v) is 4.23. The van der Waals surface area contributed by atoms with E-state index in [1.807, 2.05) is 12.1 Å². The summed E-state index contributed by atoms with van der Waals surface area (Å²) in [6.45, 7) is 0.199. The molecular weight excluding hydrogens is 250 g/mol. The van der Waals surface area contributed by atoms with E-state index in [4.69, 9.17) is 22.1 Å². The van der Waals surface area contributed by atoms with Crippen molar-refractivity contribution in [2.75, 3.05) is 5.73 Å². The Morgan fingerprint density at radius 1 is 1.11 bits per heavy atom. The van der Waals surface area contributed by atoms with Gasteiger partial charge in [-0.25, -0.2) is 4.79 Å². The highest BCUT2D eigenvalue weighted by atomic mass is 35.5. The number of ether oxygens (including phenoxy) is 1. The molecule has 92 valence electrons. The number of nitrogen functional groups attached to an aromatic ring is 1. The summed E-state index contributed by atoms with van der Waals surface area (Å²) in [5, 5.41) is 0.650. The molecule has 2 rings (SSSR count). The lowest BCUT2D eigenvalue weighted by Gasteiger charge is -2.06. The molecule has 0 aromatic heterocycles. The SMILES string of the molecule is Nc1ccccc1C(=O)OCc1ccc(Cl)cc1. The molecule has 0 amide bonds. The van der Waals surface area contributed by atoms with Crippen LogP contribution in [-0.2, 0) is 11.3 Å². The molecule has 0 spiro atoms. The zero-order valence-electron chi connectivity index (χ0n) is 9.60. The summed E-state index contributed by atoms with van der Waals surface area (Å²) in [4.78, 5) is 11.8. The van der Waals surface area contributed by atoms with Gasteiger partial charge in [0, 0.05) is 10.7 Å². The second-order valence-electron chi connectivity index (χ2n) is 3.79. The Hall–Kier alpha value is -2.00. The van der Waals surface area contributed by atoms with E-state index in [1.54, 1.807) is 36.4 Å². The summed E-state index contributed by atoms with van der Waals surface area (Å²) < 4.78 is 5.17. The molecule has 0 aliphatic carbocycles. The first-order chi connectivity index (χ1) is 8.66. The highest BCUT2D eigenvalue weighted by Gasteiger charge is 2.10. The Morgan fingerprint density at radius 2 is 1.78 bits per heavy atom. The maximum atomic E-state index is 11.8. The maximum absolute atomic E-state index is 11.8. The fraction of sp³-hybridized carbons (Fsp3) is 0.0714. The molecule has 18 heavy (non-hydrogen) atoms. The summed E-state index contributed by atoms with van der Waals surface area (Å²) in [6, 6.07) is 13.9. The standard InChI is InChI=1S/C14H12ClNO2/c15-11-7-5-10(6-8-11)9-18-14(17)12-3-1-2-4-13(12)16/h1-8H,9,16H2. The fourth-order valence-electron chi connectivity index (χ4n) is 1.49. The van der Waals surface area contributed by atoms with Crippen LogP contribution in [0.3, 0.4) is 0 Å². The van der Waals surface area contributed by atoms with Crippen molar-refractivity contribution >= 4 is 23.3 Å². The van der Waals surface area contributed by atoms with E-state index in [9.17, 15) is 4.79 Å². The van der Waals surface area contributed by atoms with Crippen molar-refractivity contribution in [1.29, 1.82) is 0 Å². The number of carbonyl (C=O) groups excluding carboxylic acids is 1. The molecule has 3 nitrogen and oxygen atoms in total. The van der Waals surface area contributed by atoms with E-state index in [-0.39, 0.29) is 6.61 Å². The van der Waals surface area contributed by atoms with Gasteiger partial charge in [0.2, 0.25) is 0 Å². The monoisotopic (exact) mass is 261 g/mol. The first kappa shape index (κ1) is 12.5. The van der Waals surface area contributed by atoms with Crippen molar-refractivity contribution < 1.29 is 9.53 Å². The van der Waals surface area contributed by atoms with Gasteiger partial charge in [-0.05, 0) is 29.8 Å². The molecule has 0 aliphatic rings. The number of hydrogen-bond donors (Lipinski definition) is 1. The summed E-state index contributed by atoms with van der Waals surface area (Å²) in [5.74, 6) is -0.428. The van der Waals surface area contributed by atoms with E-state index < -0.39 is 5.97 Å². The summed E-state index contributed by atoms with van der Waals surface area (Å²) in [6.07, 6.45) is 0. The van der Waals surface area contributed by atoms with Gasteiger partial charge in [-0.3, -0.25) is 0 Å².